The van der Waals surface area contributed by atoms with Crippen molar-refractivity contribution >= 4 is 11.6 Å². The lowest BCUT2D eigenvalue weighted by Crippen LogP contribution is -2.29. The minimum atomic E-state index is 0.204. The van der Waals surface area contributed by atoms with Crippen molar-refractivity contribution in [3.8, 4) is 0 Å². The summed E-state index contributed by atoms with van der Waals surface area (Å²) in [5.74, 6) is 0.204. The van der Waals surface area contributed by atoms with E-state index in [1.807, 2.05) is 30.0 Å². The Labute approximate surface area is 96.2 Å². The van der Waals surface area contributed by atoms with Crippen LogP contribution in [0.25, 0.3) is 0 Å². The maximum Gasteiger partial charge on any atom is 0.227 e. The minimum Gasteiger partial charge on any atom is -0.398 e. The highest BCUT2D eigenvalue weighted by Crippen LogP contribution is 2.17. The monoisotopic (exact) mass is 218 g/mol. The molecule has 0 aliphatic carbocycles. The summed E-state index contributed by atoms with van der Waals surface area (Å²) in [6, 6.07) is 5.85. The molecule has 2 N–H and O–H groups in total. The number of carbonyl (C=O) groups excluding carboxylic acids is 1. The number of nitrogen functional groups attached to an aromatic ring is 1. The highest BCUT2D eigenvalue weighted by Gasteiger charge is 2.18. The first-order valence-corrected chi connectivity index (χ1v) is 5.79. The van der Waals surface area contributed by atoms with E-state index in [9.17, 15) is 4.79 Å². The van der Waals surface area contributed by atoms with E-state index >= 15 is 0 Å². The Kier molecular flexibility index (Phi) is 3.13. The largest absolute Gasteiger partial charge is 0.398 e. The molecule has 0 radical (unpaired) electrons. The van der Waals surface area contributed by atoms with Crippen LogP contribution in [0.1, 0.15) is 24.0 Å². The zero-order valence-electron chi connectivity index (χ0n) is 9.70. The van der Waals surface area contributed by atoms with Crippen LogP contribution >= 0.6 is 0 Å². The number of hydrogen-bond donors (Lipinski definition) is 1. The van der Waals surface area contributed by atoms with Crippen molar-refractivity contribution in [2.75, 3.05) is 18.8 Å². The van der Waals surface area contributed by atoms with Crippen molar-refractivity contribution in [3.05, 3.63) is 29.3 Å². The fourth-order valence-electron chi connectivity index (χ4n) is 2.13. The van der Waals surface area contributed by atoms with Crippen molar-refractivity contribution in [2.24, 2.45) is 0 Å². The number of hydrogen-bond acceptors (Lipinski definition) is 2. The molecule has 2 rings (SSSR count). The van der Waals surface area contributed by atoms with Crippen LogP contribution in [0.5, 0.6) is 0 Å². The summed E-state index contributed by atoms with van der Waals surface area (Å²) in [4.78, 5) is 13.9. The van der Waals surface area contributed by atoms with Gasteiger partial charge >= 0.3 is 0 Å². The molecule has 1 aliphatic rings. The highest BCUT2D eigenvalue weighted by molar-refractivity contribution is 5.80. The first kappa shape index (κ1) is 11.0. The third-order valence-corrected chi connectivity index (χ3v) is 3.10. The molecule has 86 valence electrons. The van der Waals surface area contributed by atoms with Crippen molar-refractivity contribution < 1.29 is 4.79 Å². The van der Waals surface area contributed by atoms with Gasteiger partial charge in [-0.15, -0.1) is 0 Å². The van der Waals surface area contributed by atoms with Gasteiger partial charge in [0, 0.05) is 18.8 Å². The van der Waals surface area contributed by atoms with Crippen LogP contribution in [0, 0.1) is 6.92 Å². The average Bonchev–Trinajstić information content (AvgIpc) is 2.76. The van der Waals surface area contributed by atoms with Crippen molar-refractivity contribution in [3.63, 3.8) is 0 Å². The van der Waals surface area contributed by atoms with Gasteiger partial charge in [0.15, 0.2) is 0 Å². The van der Waals surface area contributed by atoms with E-state index in [2.05, 4.69) is 0 Å². The van der Waals surface area contributed by atoms with Gasteiger partial charge in [-0.2, -0.15) is 0 Å². The van der Waals surface area contributed by atoms with Gasteiger partial charge in [-0.3, -0.25) is 4.79 Å². The molecule has 1 fully saturated rings. The molecular weight excluding hydrogens is 200 g/mol. The molecule has 0 bridgehead atoms. The number of nitrogens with two attached hydrogens (primary N) is 1. The number of carbonyl (C=O) groups is 1. The highest BCUT2D eigenvalue weighted by atomic mass is 16.2. The number of anilines is 1. The molecule has 1 amide bonds. The molecule has 0 unspecified atom stereocenters. The number of benzene rings is 1. The second-order valence-corrected chi connectivity index (χ2v) is 4.47. The van der Waals surface area contributed by atoms with E-state index in [0.29, 0.717) is 6.42 Å². The number of rotatable bonds is 2. The molecule has 0 spiro atoms. The van der Waals surface area contributed by atoms with Crippen molar-refractivity contribution in [1.29, 1.82) is 0 Å². The fourth-order valence-corrected chi connectivity index (χ4v) is 2.13. The Bertz CT molecular complexity index is 395. The topological polar surface area (TPSA) is 46.3 Å². The van der Waals surface area contributed by atoms with E-state index in [-0.39, 0.29) is 5.91 Å². The molecular formula is C13H18N2O. The zero-order chi connectivity index (χ0) is 11.5. The summed E-state index contributed by atoms with van der Waals surface area (Å²) in [5, 5.41) is 0. The van der Waals surface area contributed by atoms with Gasteiger partial charge in [-0.05, 0) is 31.4 Å². The third-order valence-electron chi connectivity index (χ3n) is 3.10. The maximum absolute atomic E-state index is 11.9. The van der Waals surface area contributed by atoms with Gasteiger partial charge in [0.25, 0.3) is 0 Å². The molecule has 16 heavy (non-hydrogen) atoms. The molecule has 0 aromatic heterocycles. The normalized spacial score (nSPS) is 15.4. The molecule has 1 heterocycles. The van der Waals surface area contributed by atoms with Crippen LogP contribution in [0.4, 0.5) is 5.69 Å². The van der Waals surface area contributed by atoms with Gasteiger partial charge in [0.2, 0.25) is 5.91 Å². The van der Waals surface area contributed by atoms with Gasteiger partial charge in [0.1, 0.15) is 0 Å². The number of nitrogens with zero attached hydrogens (tertiary/aromatic N) is 1. The van der Waals surface area contributed by atoms with Crippen LogP contribution in [-0.4, -0.2) is 23.9 Å². The fraction of sp³-hybridized carbons (Fsp3) is 0.462. The van der Waals surface area contributed by atoms with E-state index < -0.39 is 0 Å². The zero-order valence-corrected chi connectivity index (χ0v) is 9.70. The van der Waals surface area contributed by atoms with E-state index in [0.717, 1.165) is 42.7 Å². The number of aryl methyl sites for hydroxylation is 1. The lowest BCUT2D eigenvalue weighted by molar-refractivity contribution is -0.129. The molecule has 3 heteroatoms. The minimum absolute atomic E-state index is 0.204. The van der Waals surface area contributed by atoms with Gasteiger partial charge < -0.3 is 10.6 Å². The second-order valence-electron chi connectivity index (χ2n) is 4.47. The molecule has 1 saturated heterocycles. The van der Waals surface area contributed by atoms with E-state index in [1.165, 1.54) is 0 Å². The first-order valence-electron chi connectivity index (χ1n) is 5.79. The summed E-state index contributed by atoms with van der Waals surface area (Å²) in [7, 11) is 0. The van der Waals surface area contributed by atoms with Gasteiger partial charge in [0.05, 0.1) is 6.42 Å². The third kappa shape index (κ3) is 2.35. The maximum atomic E-state index is 11.9. The SMILES string of the molecule is Cc1ccc(N)c(CC(=O)N2CCCC2)c1. The predicted molar refractivity (Wildman–Crippen MR) is 65.1 cm³/mol. The lowest BCUT2D eigenvalue weighted by atomic mass is 10.1. The standard InChI is InChI=1S/C13H18N2O/c1-10-4-5-12(14)11(8-10)9-13(16)15-6-2-3-7-15/h4-5,8H,2-3,6-7,9,14H2,1H3. The number of likely N-dealkylation sites (tertiary alicyclic amines) is 1. The molecule has 1 aromatic rings. The van der Waals surface area contributed by atoms with E-state index in [4.69, 9.17) is 5.73 Å². The predicted octanol–water partition coefficient (Wildman–Crippen LogP) is 1.74. The van der Waals surface area contributed by atoms with Crippen LogP contribution in [0.3, 0.4) is 0 Å². The first-order chi connectivity index (χ1) is 7.66. The summed E-state index contributed by atoms with van der Waals surface area (Å²) in [5.41, 5.74) is 8.69. The second kappa shape index (κ2) is 4.56. The Morgan fingerprint density at radius 2 is 2.06 bits per heavy atom. The van der Waals surface area contributed by atoms with Crippen molar-refractivity contribution in [2.45, 2.75) is 26.2 Å². The summed E-state index contributed by atoms with van der Waals surface area (Å²) >= 11 is 0. The molecule has 0 saturated carbocycles. The summed E-state index contributed by atoms with van der Waals surface area (Å²) in [6.45, 7) is 3.83. The summed E-state index contributed by atoms with van der Waals surface area (Å²) < 4.78 is 0. The van der Waals surface area contributed by atoms with Gasteiger partial charge in [-0.25, -0.2) is 0 Å². The Balaban J connectivity index is 2.07. The lowest BCUT2D eigenvalue weighted by Gasteiger charge is -2.16. The molecule has 1 aromatic carbocycles. The van der Waals surface area contributed by atoms with Crippen LogP contribution in [0.15, 0.2) is 18.2 Å². The van der Waals surface area contributed by atoms with Crippen LogP contribution in [0.2, 0.25) is 0 Å². The van der Waals surface area contributed by atoms with Gasteiger partial charge in [-0.1, -0.05) is 17.7 Å². The quantitative estimate of drug-likeness (QED) is 0.769. The Morgan fingerprint density at radius 3 is 2.75 bits per heavy atom. The molecule has 1 aliphatic heterocycles. The molecule has 0 atom stereocenters. The summed E-state index contributed by atoms with van der Waals surface area (Å²) in [6.07, 6.45) is 2.71. The number of amides is 1. The van der Waals surface area contributed by atoms with Crippen LogP contribution in [-0.2, 0) is 11.2 Å². The average molecular weight is 218 g/mol. The van der Waals surface area contributed by atoms with Crippen LogP contribution < -0.4 is 5.73 Å². The molecule has 3 nitrogen and oxygen atoms in total. The Morgan fingerprint density at radius 1 is 1.38 bits per heavy atom. The smallest absolute Gasteiger partial charge is 0.227 e. The van der Waals surface area contributed by atoms with Crippen molar-refractivity contribution in [1.82, 2.24) is 4.90 Å². The Hall–Kier alpha value is -1.51. The van der Waals surface area contributed by atoms with E-state index in [1.54, 1.807) is 0 Å².